The van der Waals surface area contributed by atoms with Crippen LogP contribution < -0.4 is 15.8 Å². The number of imidazole rings is 1. The highest BCUT2D eigenvalue weighted by atomic mass is 35.5. The third kappa shape index (κ3) is 5.90. The number of anilines is 1. The van der Waals surface area contributed by atoms with Gasteiger partial charge in [0.05, 0.1) is 0 Å². The van der Waals surface area contributed by atoms with Gasteiger partial charge >= 0.3 is 0 Å². The lowest BCUT2D eigenvalue weighted by Crippen LogP contribution is -2.34. The van der Waals surface area contributed by atoms with Gasteiger partial charge in [-0.2, -0.15) is 0 Å². The Bertz CT molecular complexity index is 691. The summed E-state index contributed by atoms with van der Waals surface area (Å²) in [7, 11) is 1.93. The molecule has 2 aromatic rings. The van der Waals surface area contributed by atoms with Gasteiger partial charge in [0.1, 0.15) is 18.2 Å². The Hall–Kier alpha value is -1.76. The maximum absolute atomic E-state index is 12.3. The van der Waals surface area contributed by atoms with Gasteiger partial charge in [0.25, 0.3) is 0 Å². The number of hydrogen-bond donors (Lipinski definition) is 2. The average molecular weight is 401 g/mol. The molecule has 3 N–H and O–H groups in total. The van der Waals surface area contributed by atoms with Crippen LogP contribution in [0.3, 0.4) is 0 Å². The molecule has 144 valence electrons. The standard InChI is InChI=1S/C18H24N4O2.2ClH/c1-22-10-9-20-17(22)12-24-16-7-5-15(6-8-16)21-18(23)13-3-2-4-14(19)11-13;;/h5-10,13-14H,2-4,11-12,19H2,1H3,(H,21,23);2*1H. The summed E-state index contributed by atoms with van der Waals surface area (Å²) in [6.07, 6.45) is 7.37. The van der Waals surface area contributed by atoms with Crippen molar-refractivity contribution in [3.8, 4) is 5.75 Å². The van der Waals surface area contributed by atoms with Gasteiger partial charge in [0, 0.05) is 37.1 Å². The minimum absolute atomic E-state index is 0. The number of carbonyl (C=O) groups is 1. The number of hydrogen-bond acceptors (Lipinski definition) is 4. The van der Waals surface area contributed by atoms with Crippen molar-refractivity contribution in [1.82, 2.24) is 9.55 Å². The van der Waals surface area contributed by atoms with Gasteiger partial charge in [-0.1, -0.05) is 6.42 Å². The van der Waals surface area contributed by atoms with Crippen molar-refractivity contribution >= 4 is 36.4 Å². The highest BCUT2D eigenvalue weighted by Crippen LogP contribution is 2.25. The minimum Gasteiger partial charge on any atom is -0.486 e. The maximum atomic E-state index is 12.3. The van der Waals surface area contributed by atoms with Crippen LogP contribution in [-0.2, 0) is 18.4 Å². The lowest BCUT2D eigenvalue weighted by atomic mass is 9.85. The smallest absolute Gasteiger partial charge is 0.227 e. The number of ether oxygens (including phenoxy) is 1. The SMILES string of the molecule is Cl.Cl.Cn1ccnc1COc1ccc(NC(=O)C2CCCC(N)C2)cc1. The number of rotatable bonds is 5. The predicted molar refractivity (Wildman–Crippen MR) is 107 cm³/mol. The molecule has 1 aliphatic rings. The molecule has 0 bridgehead atoms. The minimum atomic E-state index is 0. The van der Waals surface area contributed by atoms with Crippen molar-refractivity contribution in [2.75, 3.05) is 5.32 Å². The predicted octanol–water partition coefficient (Wildman–Crippen LogP) is 3.30. The van der Waals surface area contributed by atoms with Crippen molar-refractivity contribution in [3.05, 3.63) is 42.5 Å². The van der Waals surface area contributed by atoms with Crippen molar-refractivity contribution in [2.45, 2.75) is 38.3 Å². The molecule has 1 aromatic carbocycles. The summed E-state index contributed by atoms with van der Waals surface area (Å²) in [4.78, 5) is 16.5. The summed E-state index contributed by atoms with van der Waals surface area (Å²) in [5.74, 6) is 1.69. The van der Waals surface area contributed by atoms with Crippen LogP contribution in [0.25, 0.3) is 0 Å². The molecule has 1 aliphatic carbocycles. The highest BCUT2D eigenvalue weighted by Gasteiger charge is 2.25. The first kappa shape index (κ1) is 22.3. The number of carbonyl (C=O) groups excluding carboxylic acids is 1. The Labute approximate surface area is 166 Å². The van der Waals surface area contributed by atoms with Crippen molar-refractivity contribution in [3.63, 3.8) is 0 Å². The lowest BCUT2D eigenvalue weighted by molar-refractivity contribution is -0.120. The van der Waals surface area contributed by atoms with Crippen LogP contribution in [0, 0.1) is 5.92 Å². The van der Waals surface area contributed by atoms with Crippen LogP contribution in [0.1, 0.15) is 31.5 Å². The van der Waals surface area contributed by atoms with Gasteiger partial charge in [-0.05, 0) is 43.5 Å². The van der Waals surface area contributed by atoms with E-state index in [-0.39, 0.29) is 42.7 Å². The van der Waals surface area contributed by atoms with E-state index in [1.54, 1.807) is 6.20 Å². The monoisotopic (exact) mass is 400 g/mol. The summed E-state index contributed by atoms with van der Waals surface area (Å²) >= 11 is 0. The number of aromatic nitrogens is 2. The van der Waals surface area contributed by atoms with Gasteiger partial charge < -0.3 is 20.4 Å². The van der Waals surface area contributed by atoms with Crippen LogP contribution >= 0.6 is 24.8 Å². The zero-order valence-corrected chi connectivity index (χ0v) is 16.4. The Morgan fingerprint density at radius 3 is 2.65 bits per heavy atom. The average Bonchev–Trinajstić information content (AvgIpc) is 2.99. The van der Waals surface area contributed by atoms with Crippen LogP contribution in [-0.4, -0.2) is 21.5 Å². The van der Waals surface area contributed by atoms with E-state index in [0.29, 0.717) is 6.61 Å². The second kappa shape index (κ2) is 10.4. The van der Waals surface area contributed by atoms with Gasteiger partial charge in [-0.25, -0.2) is 4.98 Å². The second-order valence-corrected chi connectivity index (χ2v) is 6.38. The van der Waals surface area contributed by atoms with Crippen molar-refractivity contribution < 1.29 is 9.53 Å². The first-order valence-electron chi connectivity index (χ1n) is 8.37. The fourth-order valence-corrected chi connectivity index (χ4v) is 3.03. The van der Waals surface area contributed by atoms with Gasteiger partial charge in [0.15, 0.2) is 0 Å². The molecule has 1 saturated carbocycles. The van der Waals surface area contributed by atoms with E-state index < -0.39 is 0 Å². The molecule has 1 heterocycles. The Morgan fingerprint density at radius 2 is 2.04 bits per heavy atom. The molecule has 2 atom stereocenters. The molecule has 2 unspecified atom stereocenters. The van der Waals surface area contributed by atoms with Gasteiger partial charge in [-0.3, -0.25) is 4.79 Å². The summed E-state index contributed by atoms with van der Waals surface area (Å²) in [5.41, 5.74) is 6.74. The summed E-state index contributed by atoms with van der Waals surface area (Å²) in [6, 6.07) is 7.57. The topological polar surface area (TPSA) is 82.2 Å². The van der Waals surface area contributed by atoms with E-state index >= 15 is 0 Å². The molecule has 1 fully saturated rings. The quantitative estimate of drug-likeness (QED) is 0.806. The van der Waals surface area contributed by atoms with Crippen LogP contribution in [0.5, 0.6) is 5.75 Å². The molecule has 0 radical (unpaired) electrons. The molecule has 0 spiro atoms. The fourth-order valence-electron chi connectivity index (χ4n) is 3.03. The summed E-state index contributed by atoms with van der Waals surface area (Å²) in [6.45, 7) is 0.412. The van der Waals surface area contributed by atoms with E-state index in [1.165, 1.54) is 0 Å². The first-order chi connectivity index (χ1) is 11.6. The first-order valence-corrected chi connectivity index (χ1v) is 8.37. The number of nitrogens with one attached hydrogen (secondary N) is 1. The summed E-state index contributed by atoms with van der Waals surface area (Å²) in [5, 5.41) is 2.97. The van der Waals surface area contributed by atoms with Crippen molar-refractivity contribution in [1.29, 1.82) is 0 Å². The number of nitrogens with zero attached hydrogens (tertiary/aromatic N) is 2. The number of nitrogens with two attached hydrogens (primary N) is 1. The molecule has 1 aromatic heterocycles. The van der Waals surface area contributed by atoms with Gasteiger partial charge in [-0.15, -0.1) is 24.8 Å². The second-order valence-electron chi connectivity index (χ2n) is 6.38. The van der Waals surface area contributed by atoms with Crippen LogP contribution in [0.2, 0.25) is 0 Å². The maximum Gasteiger partial charge on any atom is 0.227 e. The molecular formula is C18H26Cl2N4O2. The fraction of sp³-hybridized carbons (Fsp3) is 0.444. The molecule has 3 rings (SSSR count). The Morgan fingerprint density at radius 1 is 1.31 bits per heavy atom. The molecule has 8 heteroatoms. The molecule has 6 nitrogen and oxygen atoms in total. The molecule has 26 heavy (non-hydrogen) atoms. The van der Waals surface area contributed by atoms with Crippen molar-refractivity contribution in [2.24, 2.45) is 18.7 Å². The molecule has 0 aliphatic heterocycles. The lowest BCUT2D eigenvalue weighted by Gasteiger charge is -2.25. The third-order valence-electron chi connectivity index (χ3n) is 4.50. The summed E-state index contributed by atoms with van der Waals surface area (Å²) < 4.78 is 7.63. The van der Waals surface area contributed by atoms with E-state index in [1.807, 2.05) is 42.1 Å². The number of amides is 1. The Kier molecular flexibility index (Phi) is 8.92. The van der Waals surface area contributed by atoms with Crippen LogP contribution in [0.4, 0.5) is 5.69 Å². The van der Waals surface area contributed by atoms with Gasteiger partial charge in [0.2, 0.25) is 5.91 Å². The Balaban J connectivity index is 0.00000169. The third-order valence-corrected chi connectivity index (χ3v) is 4.50. The van der Waals surface area contributed by atoms with E-state index in [4.69, 9.17) is 10.5 Å². The molecule has 1 amide bonds. The van der Waals surface area contributed by atoms with Crippen LogP contribution in [0.15, 0.2) is 36.7 Å². The van der Waals surface area contributed by atoms with E-state index in [0.717, 1.165) is 42.9 Å². The van der Waals surface area contributed by atoms with E-state index in [9.17, 15) is 4.79 Å². The highest BCUT2D eigenvalue weighted by molar-refractivity contribution is 5.92. The van der Waals surface area contributed by atoms with E-state index in [2.05, 4.69) is 10.3 Å². The number of aryl methyl sites for hydroxylation is 1. The molecular weight excluding hydrogens is 375 g/mol. The largest absolute Gasteiger partial charge is 0.486 e. The normalized spacial score (nSPS) is 19.0. The molecule has 0 saturated heterocycles. The zero-order chi connectivity index (χ0) is 16.9. The zero-order valence-electron chi connectivity index (χ0n) is 14.8. The number of benzene rings is 1. The number of halogens is 2.